The van der Waals surface area contributed by atoms with Crippen LogP contribution in [0.4, 0.5) is 0 Å². The molecule has 0 bridgehead atoms. The molecule has 5 nitrogen and oxygen atoms in total. The molecule has 1 rings (SSSR count). The molecule has 0 aromatic heterocycles. The third-order valence-electron chi connectivity index (χ3n) is 3.65. The van der Waals surface area contributed by atoms with Gasteiger partial charge in [-0.2, -0.15) is 0 Å². The first-order valence-electron chi connectivity index (χ1n) is 7.07. The van der Waals surface area contributed by atoms with Crippen molar-refractivity contribution in [2.75, 3.05) is 32.4 Å². The molecule has 0 aromatic rings. The highest BCUT2D eigenvalue weighted by Gasteiger charge is 2.22. The van der Waals surface area contributed by atoms with Crippen molar-refractivity contribution in [3.8, 4) is 0 Å². The van der Waals surface area contributed by atoms with Gasteiger partial charge in [-0.15, -0.1) is 0 Å². The molecule has 1 heterocycles. The van der Waals surface area contributed by atoms with Crippen molar-refractivity contribution in [3.05, 3.63) is 0 Å². The molecular weight excluding hydrogens is 264 g/mol. The van der Waals surface area contributed by atoms with Crippen molar-refractivity contribution in [2.45, 2.75) is 39.5 Å². The molecule has 0 N–H and O–H groups in total. The minimum atomic E-state index is -3.20. The van der Waals surface area contributed by atoms with E-state index in [0.717, 1.165) is 32.4 Å². The molecule has 0 unspecified atom stereocenters. The van der Waals surface area contributed by atoms with Gasteiger partial charge in [0.15, 0.2) is 0 Å². The van der Waals surface area contributed by atoms with E-state index in [0.29, 0.717) is 25.4 Å². The van der Waals surface area contributed by atoms with Crippen LogP contribution in [0.1, 0.15) is 39.5 Å². The van der Waals surface area contributed by atoms with Crippen LogP contribution in [-0.4, -0.2) is 56.0 Å². The summed E-state index contributed by atoms with van der Waals surface area (Å²) in [7, 11) is -3.20. The van der Waals surface area contributed by atoms with Crippen LogP contribution in [0.25, 0.3) is 0 Å². The van der Waals surface area contributed by atoms with Crippen LogP contribution >= 0.6 is 0 Å². The van der Waals surface area contributed by atoms with E-state index in [1.807, 2.05) is 11.8 Å². The highest BCUT2D eigenvalue weighted by Crippen LogP contribution is 2.16. The summed E-state index contributed by atoms with van der Waals surface area (Å²) in [5.74, 6) is 0.772. The lowest BCUT2D eigenvalue weighted by molar-refractivity contribution is -0.132. The summed E-state index contributed by atoms with van der Waals surface area (Å²) in [6.07, 6.45) is 4.37. The molecule has 1 saturated heterocycles. The first-order valence-corrected chi connectivity index (χ1v) is 8.92. The summed E-state index contributed by atoms with van der Waals surface area (Å²) in [5.41, 5.74) is 0. The molecule has 1 aliphatic rings. The van der Waals surface area contributed by atoms with Crippen molar-refractivity contribution >= 4 is 15.9 Å². The molecule has 112 valence electrons. The molecule has 0 saturated carbocycles. The number of rotatable bonds is 6. The molecule has 19 heavy (non-hydrogen) atoms. The standard InChI is InChI=1S/C13H26N2O3S/c1-4-8-15(19(3,17)18)11-7-13(16)14-9-5-12(2)6-10-14/h12H,4-11H2,1-3H3. The van der Waals surface area contributed by atoms with E-state index in [2.05, 4.69) is 6.92 Å². The summed E-state index contributed by atoms with van der Waals surface area (Å²) in [6.45, 7) is 6.56. The fourth-order valence-corrected chi connectivity index (χ4v) is 3.27. The van der Waals surface area contributed by atoms with Crippen molar-refractivity contribution in [1.82, 2.24) is 9.21 Å². The minimum Gasteiger partial charge on any atom is -0.343 e. The highest BCUT2D eigenvalue weighted by molar-refractivity contribution is 7.88. The van der Waals surface area contributed by atoms with Gasteiger partial charge < -0.3 is 4.90 Å². The molecule has 6 heteroatoms. The number of carbonyl (C=O) groups is 1. The summed E-state index contributed by atoms with van der Waals surface area (Å²) >= 11 is 0. The summed E-state index contributed by atoms with van der Waals surface area (Å²) in [6, 6.07) is 0. The molecular formula is C13H26N2O3S. The Morgan fingerprint density at radius 3 is 2.32 bits per heavy atom. The van der Waals surface area contributed by atoms with Gasteiger partial charge in [-0.1, -0.05) is 13.8 Å². The second-order valence-electron chi connectivity index (χ2n) is 5.48. The number of nitrogens with zero attached hydrogens (tertiary/aromatic N) is 2. The van der Waals surface area contributed by atoms with Crippen LogP contribution in [0.2, 0.25) is 0 Å². The Labute approximate surface area is 117 Å². The zero-order chi connectivity index (χ0) is 14.5. The molecule has 0 radical (unpaired) electrons. The maximum Gasteiger partial charge on any atom is 0.223 e. The molecule has 1 amide bonds. The second-order valence-corrected chi connectivity index (χ2v) is 7.46. The van der Waals surface area contributed by atoms with E-state index >= 15 is 0 Å². The van der Waals surface area contributed by atoms with Gasteiger partial charge in [0.1, 0.15) is 0 Å². The van der Waals surface area contributed by atoms with E-state index in [9.17, 15) is 13.2 Å². The molecule has 0 spiro atoms. The largest absolute Gasteiger partial charge is 0.343 e. The number of sulfonamides is 1. The fraction of sp³-hybridized carbons (Fsp3) is 0.923. The van der Waals surface area contributed by atoms with Crippen LogP contribution in [0, 0.1) is 5.92 Å². The third kappa shape index (κ3) is 5.48. The lowest BCUT2D eigenvalue weighted by atomic mass is 9.99. The van der Waals surface area contributed by atoms with Gasteiger partial charge in [-0.3, -0.25) is 4.79 Å². The van der Waals surface area contributed by atoms with E-state index < -0.39 is 10.0 Å². The molecule has 1 aliphatic heterocycles. The quantitative estimate of drug-likeness (QED) is 0.741. The average molecular weight is 290 g/mol. The zero-order valence-electron chi connectivity index (χ0n) is 12.3. The number of hydrogen-bond donors (Lipinski definition) is 0. The Kier molecular flexibility index (Phi) is 6.26. The van der Waals surface area contributed by atoms with Gasteiger partial charge in [0.25, 0.3) is 0 Å². The maximum atomic E-state index is 12.0. The van der Waals surface area contributed by atoms with Gasteiger partial charge in [0.2, 0.25) is 15.9 Å². The topological polar surface area (TPSA) is 57.7 Å². The Hall–Kier alpha value is -0.620. The van der Waals surface area contributed by atoms with Crippen LogP contribution in [0.5, 0.6) is 0 Å². The predicted molar refractivity (Wildman–Crippen MR) is 76.3 cm³/mol. The third-order valence-corrected chi connectivity index (χ3v) is 4.96. The Balaban J connectivity index is 2.44. The summed E-state index contributed by atoms with van der Waals surface area (Å²) < 4.78 is 24.5. The van der Waals surface area contributed by atoms with E-state index in [-0.39, 0.29) is 5.91 Å². The minimum absolute atomic E-state index is 0.0802. The maximum absolute atomic E-state index is 12.0. The smallest absolute Gasteiger partial charge is 0.223 e. The van der Waals surface area contributed by atoms with Crippen molar-refractivity contribution in [1.29, 1.82) is 0 Å². The predicted octanol–water partition coefficient (Wildman–Crippen LogP) is 1.31. The van der Waals surface area contributed by atoms with Gasteiger partial charge in [-0.25, -0.2) is 12.7 Å². The average Bonchev–Trinajstić information content (AvgIpc) is 2.33. The van der Waals surface area contributed by atoms with Crippen molar-refractivity contribution in [3.63, 3.8) is 0 Å². The second kappa shape index (κ2) is 7.24. The van der Waals surface area contributed by atoms with Crippen LogP contribution in [0.3, 0.4) is 0 Å². The first kappa shape index (κ1) is 16.4. The fourth-order valence-electron chi connectivity index (χ4n) is 2.33. The molecule has 0 atom stereocenters. The lowest BCUT2D eigenvalue weighted by Gasteiger charge is -2.31. The van der Waals surface area contributed by atoms with Gasteiger partial charge in [0, 0.05) is 32.6 Å². The van der Waals surface area contributed by atoms with Gasteiger partial charge in [-0.05, 0) is 25.2 Å². The Morgan fingerprint density at radius 1 is 1.26 bits per heavy atom. The normalized spacial score (nSPS) is 18.0. The monoisotopic (exact) mass is 290 g/mol. The summed E-state index contributed by atoms with van der Waals surface area (Å²) in [5, 5.41) is 0. The Bertz CT molecular complexity index is 387. The summed E-state index contributed by atoms with van der Waals surface area (Å²) in [4.78, 5) is 13.9. The number of likely N-dealkylation sites (tertiary alicyclic amines) is 1. The van der Waals surface area contributed by atoms with E-state index in [1.165, 1.54) is 10.6 Å². The van der Waals surface area contributed by atoms with E-state index in [4.69, 9.17) is 0 Å². The van der Waals surface area contributed by atoms with Crippen molar-refractivity contribution < 1.29 is 13.2 Å². The molecule has 0 aromatic carbocycles. The number of amides is 1. The molecule has 0 aliphatic carbocycles. The number of piperidine rings is 1. The zero-order valence-corrected chi connectivity index (χ0v) is 13.1. The SMILES string of the molecule is CCCN(CCC(=O)N1CCC(C)CC1)S(C)(=O)=O. The number of carbonyl (C=O) groups excluding carboxylic acids is 1. The van der Waals surface area contributed by atoms with Gasteiger partial charge >= 0.3 is 0 Å². The lowest BCUT2D eigenvalue weighted by Crippen LogP contribution is -2.40. The molecule has 1 fully saturated rings. The van der Waals surface area contributed by atoms with Gasteiger partial charge in [0.05, 0.1) is 6.26 Å². The van der Waals surface area contributed by atoms with Crippen LogP contribution in [-0.2, 0) is 14.8 Å². The van der Waals surface area contributed by atoms with E-state index in [1.54, 1.807) is 0 Å². The Morgan fingerprint density at radius 2 is 1.84 bits per heavy atom. The first-order chi connectivity index (χ1) is 8.84. The highest BCUT2D eigenvalue weighted by atomic mass is 32.2. The number of hydrogen-bond acceptors (Lipinski definition) is 3. The van der Waals surface area contributed by atoms with Crippen molar-refractivity contribution in [2.24, 2.45) is 5.92 Å². The van der Waals surface area contributed by atoms with Crippen LogP contribution in [0.15, 0.2) is 0 Å². The van der Waals surface area contributed by atoms with Crippen LogP contribution < -0.4 is 0 Å².